The maximum absolute atomic E-state index is 12.8. The van der Waals surface area contributed by atoms with E-state index in [1.54, 1.807) is 0 Å². The van der Waals surface area contributed by atoms with Crippen LogP contribution >= 0.6 is 0 Å². The number of rotatable bonds is 6. The predicted molar refractivity (Wildman–Crippen MR) is 95.3 cm³/mol. The molecule has 0 radical (unpaired) electrons. The monoisotopic (exact) mass is 380 g/mol. The third kappa shape index (κ3) is 3.91. The van der Waals surface area contributed by atoms with Crippen LogP contribution in [0.25, 0.3) is 0 Å². The van der Waals surface area contributed by atoms with E-state index in [2.05, 4.69) is 5.32 Å². The van der Waals surface area contributed by atoms with Crippen LogP contribution in [0.4, 0.5) is 0 Å². The first-order chi connectivity index (χ1) is 12.3. The maximum atomic E-state index is 12.8. The van der Waals surface area contributed by atoms with Crippen molar-refractivity contribution in [2.45, 2.75) is 56.0 Å². The highest BCUT2D eigenvalue weighted by molar-refractivity contribution is 7.89. The van der Waals surface area contributed by atoms with Gasteiger partial charge in [-0.1, -0.05) is 6.42 Å². The molecular weight excluding hydrogens is 356 g/mol. The number of benzene rings is 1. The fourth-order valence-corrected chi connectivity index (χ4v) is 5.08. The smallest absolute Gasteiger partial charge is 0.326 e. The topological polar surface area (TPSA) is 104 Å². The molecule has 1 heterocycles. The van der Waals surface area contributed by atoms with Crippen LogP contribution in [0.3, 0.4) is 0 Å². The summed E-state index contributed by atoms with van der Waals surface area (Å²) < 4.78 is 27.1. The number of nitrogens with zero attached hydrogens (tertiary/aromatic N) is 1. The summed E-state index contributed by atoms with van der Waals surface area (Å²) >= 11 is 0. The van der Waals surface area contributed by atoms with Crippen molar-refractivity contribution in [3.8, 4) is 0 Å². The summed E-state index contributed by atoms with van der Waals surface area (Å²) in [7, 11) is -3.59. The van der Waals surface area contributed by atoms with Crippen LogP contribution in [0.15, 0.2) is 29.2 Å². The van der Waals surface area contributed by atoms with Crippen molar-refractivity contribution >= 4 is 21.9 Å². The molecule has 7 nitrogen and oxygen atoms in total. The molecule has 1 amide bonds. The largest absolute Gasteiger partial charge is 0.480 e. The lowest BCUT2D eigenvalue weighted by Gasteiger charge is -2.32. The number of carboxylic acid groups (broad SMARTS) is 1. The molecule has 1 saturated carbocycles. The highest BCUT2D eigenvalue weighted by Gasteiger charge is 2.37. The summed E-state index contributed by atoms with van der Waals surface area (Å²) in [6, 6.07) is 4.77. The standard InChI is InChI=1S/C18H24N2O5S/c1-12-4-2-3-11-20(12)26(24,25)15-9-7-14(8-10-15)17(21)19-16(18(22)23)13-5-6-13/h7-10,12-13,16H,2-6,11H2,1H3,(H,19,21)(H,22,23). The van der Waals surface area contributed by atoms with E-state index in [1.807, 2.05) is 6.92 Å². The summed E-state index contributed by atoms with van der Waals surface area (Å²) in [5.74, 6) is -1.56. The van der Waals surface area contributed by atoms with Crippen LogP contribution in [0, 0.1) is 5.92 Å². The van der Waals surface area contributed by atoms with E-state index in [9.17, 15) is 23.1 Å². The number of aliphatic carboxylic acids is 1. The van der Waals surface area contributed by atoms with Gasteiger partial charge in [-0.25, -0.2) is 13.2 Å². The molecule has 1 aliphatic carbocycles. The molecule has 2 fully saturated rings. The number of carbonyl (C=O) groups excluding carboxylic acids is 1. The molecule has 2 N–H and O–H groups in total. The van der Waals surface area contributed by atoms with Crippen LogP contribution in [-0.2, 0) is 14.8 Å². The summed E-state index contributed by atoms with van der Waals surface area (Å²) in [5.41, 5.74) is 0.252. The summed E-state index contributed by atoms with van der Waals surface area (Å²) in [6.07, 6.45) is 4.31. The van der Waals surface area contributed by atoms with Gasteiger partial charge in [-0.05, 0) is 62.8 Å². The van der Waals surface area contributed by atoms with E-state index < -0.39 is 27.9 Å². The molecular formula is C18H24N2O5S. The lowest BCUT2D eigenvalue weighted by molar-refractivity contribution is -0.139. The molecule has 0 bridgehead atoms. The number of hydrogen-bond donors (Lipinski definition) is 2. The molecule has 142 valence electrons. The molecule has 8 heteroatoms. The summed E-state index contributed by atoms with van der Waals surface area (Å²) in [6.45, 7) is 2.41. The van der Waals surface area contributed by atoms with E-state index >= 15 is 0 Å². The highest BCUT2D eigenvalue weighted by atomic mass is 32.2. The van der Waals surface area contributed by atoms with Crippen molar-refractivity contribution in [1.29, 1.82) is 0 Å². The quantitative estimate of drug-likeness (QED) is 0.784. The fraction of sp³-hybridized carbons (Fsp3) is 0.556. The van der Waals surface area contributed by atoms with Gasteiger partial charge in [0.15, 0.2) is 0 Å². The third-order valence-corrected chi connectivity index (χ3v) is 7.14. The van der Waals surface area contributed by atoms with Crippen molar-refractivity contribution in [2.24, 2.45) is 5.92 Å². The van der Waals surface area contributed by atoms with Gasteiger partial charge in [-0.15, -0.1) is 0 Å². The molecule has 3 rings (SSSR count). The Labute approximate surface area is 153 Å². The first-order valence-corrected chi connectivity index (χ1v) is 10.4. The minimum atomic E-state index is -3.59. The number of sulfonamides is 1. The molecule has 0 aromatic heterocycles. The maximum Gasteiger partial charge on any atom is 0.326 e. The Hall–Kier alpha value is -1.93. The highest BCUT2D eigenvalue weighted by Crippen LogP contribution is 2.33. The Morgan fingerprint density at radius 1 is 1.15 bits per heavy atom. The molecule has 2 unspecified atom stereocenters. The first-order valence-electron chi connectivity index (χ1n) is 8.96. The van der Waals surface area contributed by atoms with Gasteiger partial charge in [-0.3, -0.25) is 4.79 Å². The lowest BCUT2D eigenvalue weighted by Crippen LogP contribution is -2.42. The first kappa shape index (κ1) is 18.8. The van der Waals surface area contributed by atoms with Gasteiger partial charge in [0.25, 0.3) is 5.91 Å². The zero-order valence-electron chi connectivity index (χ0n) is 14.7. The average Bonchev–Trinajstić information content (AvgIpc) is 3.44. The Kier molecular flexibility index (Phi) is 5.34. The van der Waals surface area contributed by atoms with E-state index in [-0.39, 0.29) is 22.4 Å². The zero-order valence-corrected chi connectivity index (χ0v) is 15.5. The number of piperidine rings is 1. The second-order valence-corrected chi connectivity index (χ2v) is 9.00. The van der Waals surface area contributed by atoms with Gasteiger partial charge in [0.05, 0.1) is 4.90 Å². The van der Waals surface area contributed by atoms with Crippen LogP contribution in [0.1, 0.15) is 49.4 Å². The Morgan fingerprint density at radius 3 is 2.35 bits per heavy atom. The van der Waals surface area contributed by atoms with Crippen molar-refractivity contribution in [3.05, 3.63) is 29.8 Å². The van der Waals surface area contributed by atoms with Crippen molar-refractivity contribution in [2.75, 3.05) is 6.54 Å². The van der Waals surface area contributed by atoms with Gasteiger partial charge in [0, 0.05) is 18.2 Å². The van der Waals surface area contributed by atoms with Gasteiger partial charge in [-0.2, -0.15) is 4.31 Å². The second kappa shape index (κ2) is 7.36. The average molecular weight is 380 g/mol. The molecule has 0 spiro atoms. The number of carboxylic acids is 1. The molecule has 1 aliphatic heterocycles. The van der Waals surface area contributed by atoms with Crippen molar-refractivity contribution in [1.82, 2.24) is 9.62 Å². The van der Waals surface area contributed by atoms with E-state index in [0.29, 0.717) is 6.54 Å². The molecule has 1 aromatic carbocycles. The molecule has 2 atom stereocenters. The van der Waals surface area contributed by atoms with Crippen LogP contribution in [0.5, 0.6) is 0 Å². The summed E-state index contributed by atoms with van der Waals surface area (Å²) in [4.78, 5) is 23.7. The SMILES string of the molecule is CC1CCCCN1S(=O)(=O)c1ccc(C(=O)NC(C(=O)O)C2CC2)cc1. The van der Waals surface area contributed by atoms with Gasteiger partial charge >= 0.3 is 5.97 Å². The fourth-order valence-electron chi connectivity index (χ4n) is 3.38. The number of amides is 1. The number of carbonyl (C=O) groups is 2. The predicted octanol–water partition coefficient (Wildman–Crippen LogP) is 1.84. The summed E-state index contributed by atoms with van der Waals surface area (Å²) in [5, 5.41) is 11.7. The minimum Gasteiger partial charge on any atom is -0.480 e. The van der Waals surface area contributed by atoms with Gasteiger partial charge in [0.1, 0.15) is 6.04 Å². The van der Waals surface area contributed by atoms with Gasteiger partial charge in [0.2, 0.25) is 10.0 Å². The molecule has 26 heavy (non-hydrogen) atoms. The Bertz CT molecular complexity index is 786. The number of hydrogen-bond acceptors (Lipinski definition) is 4. The van der Waals surface area contributed by atoms with Gasteiger partial charge < -0.3 is 10.4 Å². The second-order valence-electron chi connectivity index (χ2n) is 7.11. The van der Waals surface area contributed by atoms with E-state index in [4.69, 9.17) is 0 Å². The Morgan fingerprint density at radius 2 is 1.81 bits per heavy atom. The molecule has 1 aromatic rings. The minimum absolute atomic E-state index is 0.0170. The van der Waals surface area contributed by atoms with E-state index in [0.717, 1.165) is 32.1 Å². The molecule has 1 saturated heterocycles. The Balaban J connectivity index is 1.73. The zero-order chi connectivity index (χ0) is 18.9. The van der Waals surface area contributed by atoms with Crippen LogP contribution < -0.4 is 5.32 Å². The van der Waals surface area contributed by atoms with E-state index in [1.165, 1.54) is 28.6 Å². The molecule has 2 aliphatic rings. The van der Waals surface area contributed by atoms with Crippen LogP contribution in [0.2, 0.25) is 0 Å². The number of nitrogens with one attached hydrogen (secondary N) is 1. The third-order valence-electron chi connectivity index (χ3n) is 5.11. The van der Waals surface area contributed by atoms with Crippen molar-refractivity contribution < 1.29 is 23.1 Å². The van der Waals surface area contributed by atoms with Crippen LogP contribution in [-0.4, -0.2) is 48.3 Å². The van der Waals surface area contributed by atoms with Crippen molar-refractivity contribution in [3.63, 3.8) is 0 Å². The normalized spacial score (nSPS) is 22.6. The lowest BCUT2D eigenvalue weighted by atomic mass is 10.1.